The van der Waals surface area contributed by atoms with Gasteiger partial charge in [0.25, 0.3) is 0 Å². The van der Waals surface area contributed by atoms with Crippen LogP contribution in [0.2, 0.25) is 0 Å². The van der Waals surface area contributed by atoms with Gasteiger partial charge in [-0.05, 0) is 32.6 Å². The fourth-order valence-corrected chi connectivity index (χ4v) is 2.95. The number of rotatable bonds is 1. The van der Waals surface area contributed by atoms with Gasteiger partial charge in [0, 0.05) is 18.0 Å². The van der Waals surface area contributed by atoms with Crippen LogP contribution in [0.1, 0.15) is 45.4 Å². The van der Waals surface area contributed by atoms with E-state index in [1.807, 2.05) is 0 Å². The molecule has 76 valence electrons. The lowest BCUT2D eigenvalue weighted by atomic mass is 9.87. The predicted octanol–water partition coefficient (Wildman–Crippen LogP) is 1.68. The van der Waals surface area contributed by atoms with Crippen molar-refractivity contribution in [1.29, 1.82) is 0 Å². The van der Waals surface area contributed by atoms with Gasteiger partial charge in [0.1, 0.15) is 0 Å². The van der Waals surface area contributed by atoms with Gasteiger partial charge in [-0.2, -0.15) is 0 Å². The molecule has 13 heavy (non-hydrogen) atoms. The van der Waals surface area contributed by atoms with Crippen molar-refractivity contribution in [2.75, 3.05) is 0 Å². The lowest BCUT2D eigenvalue weighted by molar-refractivity contribution is 0.0955. The Morgan fingerprint density at radius 2 is 1.85 bits per heavy atom. The Kier molecular flexibility index (Phi) is 2.89. The summed E-state index contributed by atoms with van der Waals surface area (Å²) in [6, 6.07) is 1.26. The van der Waals surface area contributed by atoms with Crippen LogP contribution in [0.3, 0.4) is 0 Å². The largest absolute Gasteiger partial charge is 0.393 e. The van der Waals surface area contributed by atoms with Gasteiger partial charge < -0.3 is 10.4 Å². The van der Waals surface area contributed by atoms with Crippen molar-refractivity contribution in [2.45, 2.75) is 63.6 Å². The highest BCUT2D eigenvalue weighted by atomic mass is 16.3. The molecule has 1 saturated heterocycles. The molecular weight excluding hydrogens is 162 g/mol. The van der Waals surface area contributed by atoms with E-state index in [1.54, 1.807) is 0 Å². The van der Waals surface area contributed by atoms with Gasteiger partial charge in [-0.3, -0.25) is 0 Å². The van der Waals surface area contributed by atoms with E-state index in [0.717, 1.165) is 6.42 Å². The molecule has 0 amide bonds. The highest BCUT2D eigenvalue weighted by molar-refractivity contribution is 4.90. The smallest absolute Gasteiger partial charge is 0.0583 e. The van der Waals surface area contributed by atoms with Crippen LogP contribution in [0.25, 0.3) is 0 Å². The zero-order valence-corrected chi connectivity index (χ0v) is 8.50. The van der Waals surface area contributed by atoms with Gasteiger partial charge in [0.2, 0.25) is 0 Å². The SMILES string of the molecule is CC1CCCC(C2CCCC2O)N1. The average Bonchev–Trinajstić information content (AvgIpc) is 2.51. The molecule has 2 N–H and O–H groups in total. The van der Waals surface area contributed by atoms with E-state index in [9.17, 15) is 5.11 Å². The second kappa shape index (κ2) is 3.97. The first-order chi connectivity index (χ1) is 6.27. The molecular formula is C11H21NO. The first kappa shape index (κ1) is 9.47. The molecule has 0 aromatic carbocycles. The van der Waals surface area contributed by atoms with Crippen molar-refractivity contribution in [3.63, 3.8) is 0 Å². The van der Waals surface area contributed by atoms with E-state index in [2.05, 4.69) is 12.2 Å². The fraction of sp³-hybridized carbons (Fsp3) is 1.00. The molecule has 1 heterocycles. The van der Waals surface area contributed by atoms with Crippen LogP contribution in [0.5, 0.6) is 0 Å². The molecule has 2 rings (SSSR count). The molecule has 4 atom stereocenters. The summed E-state index contributed by atoms with van der Waals surface area (Å²) in [4.78, 5) is 0. The van der Waals surface area contributed by atoms with Crippen molar-refractivity contribution in [1.82, 2.24) is 5.32 Å². The second-order valence-electron chi connectivity index (χ2n) is 4.77. The maximum atomic E-state index is 9.79. The van der Waals surface area contributed by atoms with Crippen LogP contribution in [0.15, 0.2) is 0 Å². The highest BCUT2D eigenvalue weighted by Crippen LogP contribution is 2.32. The Morgan fingerprint density at radius 1 is 1.08 bits per heavy atom. The van der Waals surface area contributed by atoms with E-state index >= 15 is 0 Å². The summed E-state index contributed by atoms with van der Waals surface area (Å²) < 4.78 is 0. The van der Waals surface area contributed by atoms with Gasteiger partial charge in [-0.15, -0.1) is 0 Å². The van der Waals surface area contributed by atoms with Crippen LogP contribution in [0, 0.1) is 5.92 Å². The molecule has 2 nitrogen and oxygen atoms in total. The normalized spacial score (nSPS) is 46.6. The third kappa shape index (κ3) is 2.05. The number of aliphatic hydroxyl groups is 1. The number of hydrogen-bond acceptors (Lipinski definition) is 2. The molecule has 0 spiro atoms. The number of piperidine rings is 1. The number of hydrogen-bond donors (Lipinski definition) is 2. The van der Waals surface area contributed by atoms with Gasteiger partial charge >= 0.3 is 0 Å². The third-order valence-corrected chi connectivity index (χ3v) is 3.70. The summed E-state index contributed by atoms with van der Waals surface area (Å²) in [5.74, 6) is 0.544. The lowest BCUT2D eigenvalue weighted by Gasteiger charge is -2.34. The molecule has 2 aliphatic rings. The quantitative estimate of drug-likeness (QED) is 0.648. The topological polar surface area (TPSA) is 32.3 Å². The van der Waals surface area contributed by atoms with Crippen LogP contribution >= 0.6 is 0 Å². The van der Waals surface area contributed by atoms with Crippen molar-refractivity contribution < 1.29 is 5.11 Å². The molecule has 1 aliphatic heterocycles. The van der Waals surface area contributed by atoms with Crippen LogP contribution in [-0.2, 0) is 0 Å². The minimum atomic E-state index is -0.0252. The summed E-state index contributed by atoms with van der Waals surface area (Å²) in [6.07, 6.45) is 7.36. The molecule has 4 unspecified atom stereocenters. The number of aliphatic hydroxyl groups excluding tert-OH is 1. The van der Waals surface area contributed by atoms with Crippen molar-refractivity contribution >= 4 is 0 Å². The summed E-state index contributed by atoms with van der Waals surface area (Å²) in [6.45, 7) is 2.26. The predicted molar refractivity (Wildman–Crippen MR) is 53.6 cm³/mol. The van der Waals surface area contributed by atoms with Crippen molar-refractivity contribution in [3.05, 3.63) is 0 Å². The minimum absolute atomic E-state index is 0.0252. The van der Waals surface area contributed by atoms with E-state index in [0.29, 0.717) is 18.0 Å². The van der Waals surface area contributed by atoms with E-state index in [1.165, 1.54) is 32.1 Å². The molecule has 1 aliphatic carbocycles. The van der Waals surface area contributed by atoms with Gasteiger partial charge in [-0.1, -0.05) is 12.8 Å². The Hall–Kier alpha value is -0.0800. The summed E-state index contributed by atoms with van der Waals surface area (Å²) in [7, 11) is 0. The zero-order valence-electron chi connectivity index (χ0n) is 8.50. The first-order valence-corrected chi connectivity index (χ1v) is 5.71. The Bertz CT molecular complexity index is 171. The molecule has 0 aromatic heterocycles. The van der Waals surface area contributed by atoms with Crippen molar-refractivity contribution in [3.8, 4) is 0 Å². The van der Waals surface area contributed by atoms with Crippen LogP contribution in [-0.4, -0.2) is 23.3 Å². The van der Waals surface area contributed by atoms with Gasteiger partial charge in [0.05, 0.1) is 6.10 Å². The second-order valence-corrected chi connectivity index (χ2v) is 4.77. The number of nitrogens with one attached hydrogen (secondary N) is 1. The van der Waals surface area contributed by atoms with E-state index in [-0.39, 0.29) is 6.10 Å². The van der Waals surface area contributed by atoms with Crippen molar-refractivity contribution in [2.24, 2.45) is 5.92 Å². The standard InChI is InChI=1S/C11H21NO/c1-8-4-2-6-10(12-8)9-5-3-7-11(9)13/h8-13H,2-7H2,1H3. The summed E-state index contributed by atoms with van der Waals surface area (Å²) >= 11 is 0. The van der Waals surface area contributed by atoms with Crippen LogP contribution in [0.4, 0.5) is 0 Å². The Labute approximate surface area is 80.7 Å². The molecule has 2 heteroatoms. The van der Waals surface area contributed by atoms with E-state index < -0.39 is 0 Å². The third-order valence-electron chi connectivity index (χ3n) is 3.70. The molecule has 0 bridgehead atoms. The molecule has 0 radical (unpaired) electrons. The first-order valence-electron chi connectivity index (χ1n) is 5.71. The molecule has 2 fully saturated rings. The van der Waals surface area contributed by atoms with E-state index in [4.69, 9.17) is 0 Å². The van der Waals surface area contributed by atoms with Crippen LogP contribution < -0.4 is 5.32 Å². The Morgan fingerprint density at radius 3 is 2.46 bits per heavy atom. The van der Waals surface area contributed by atoms with Gasteiger partial charge in [0.15, 0.2) is 0 Å². The minimum Gasteiger partial charge on any atom is -0.393 e. The molecule has 0 aromatic rings. The lowest BCUT2D eigenvalue weighted by Crippen LogP contribution is -2.46. The summed E-state index contributed by atoms with van der Waals surface area (Å²) in [5, 5.41) is 13.4. The highest BCUT2D eigenvalue weighted by Gasteiger charge is 2.34. The molecule has 1 saturated carbocycles. The summed E-state index contributed by atoms with van der Waals surface area (Å²) in [5.41, 5.74) is 0. The van der Waals surface area contributed by atoms with Gasteiger partial charge in [-0.25, -0.2) is 0 Å². The monoisotopic (exact) mass is 183 g/mol. The maximum absolute atomic E-state index is 9.79. The maximum Gasteiger partial charge on any atom is 0.0583 e. The average molecular weight is 183 g/mol. The Balaban J connectivity index is 1.91. The zero-order chi connectivity index (χ0) is 9.26. The fourth-order valence-electron chi connectivity index (χ4n) is 2.95.